The maximum atomic E-state index is 11.5. The summed E-state index contributed by atoms with van der Waals surface area (Å²) in [4.78, 5) is 24.2. The maximum absolute atomic E-state index is 11.5. The fraction of sp³-hybridized carbons (Fsp3) is 0.667. The molecule has 1 unspecified atom stereocenters. The lowest BCUT2D eigenvalue weighted by atomic mass is 10.4. The van der Waals surface area contributed by atoms with Crippen molar-refractivity contribution in [2.24, 2.45) is 0 Å². The number of halogens is 3. The summed E-state index contributed by atoms with van der Waals surface area (Å²) < 4.78 is 34.6. The monoisotopic (exact) mass is 230 g/mol. The van der Waals surface area contributed by atoms with Crippen LogP contribution in [-0.4, -0.2) is 35.9 Å². The van der Waals surface area contributed by atoms with E-state index < -0.39 is 30.8 Å². The van der Waals surface area contributed by atoms with Gasteiger partial charge in [-0.25, -0.2) is 9.59 Å². The summed E-state index contributed by atoms with van der Waals surface area (Å²) in [6.45, 7) is 0.992. The molecule has 0 rings (SSSR count). The van der Waals surface area contributed by atoms with Gasteiger partial charge in [-0.1, -0.05) is 0 Å². The van der Waals surface area contributed by atoms with Crippen LogP contribution in [0.25, 0.3) is 0 Å². The number of alkyl halides is 3. The number of urea groups is 1. The fourth-order valence-electron chi connectivity index (χ4n) is 0.449. The molecule has 0 aliphatic rings. The molecule has 0 aromatic rings. The van der Waals surface area contributed by atoms with Gasteiger partial charge in [-0.3, -0.25) is 0 Å². The lowest BCUT2D eigenvalue weighted by molar-refractivity contribution is -0.204. The highest BCUT2D eigenvalue weighted by molar-refractivity contribution is 5.79. The van der Waals surface area contributed by atoms with Crippen molar-refractivity contribution in [2.75, 3.05) is 6.61 Å². The second kappa shape index (κ2) is 5.39. The van der Waals surface area contributed by atoms with Gasteiger partial charge in [0.15, 0.2) is 0 Å². The molecule has 0 spiro atoms. The molecule has 0 radical (unpaired) electrons. The van der Waals surface area contributed by atoms with Gasteiger partial charge in [-0.15, -0.1) is 0 Å². The second-order valence-corrected chi connectivity index (χ2v) is 2.55. The summed E-state index contributed by atoms with van der Waals surface area (Å²) in [6, 6.07) is -1.83. The molecule has 0 aromatic carbocycles. The summed E-state index contributed by atoms with van der Waals surface area (Å²) >= 11 is 0. The minimum Gasteiger partial charge on any atom is -0.394 e. The first kappa shape index (κ1) is 13.5. The molecule has 9 heteroatoms. The molecule has 0 saturated heterocycles. The van der Waals surface area contributed by atoms with E-state index in [0.29, 0.717) is 0 Å². The van der Waals surface area contributed by atoms with Crippen molar-refractivity contribution in [3.63, 3.8) is 0 Å². The standard InChI is InChI=1S/C6H9F3N2O4/c1-3(2-12)10-5(14)11-15-4(13)6(7,8)9/h3,12H,2H2,1H3,(H2,10,11,14). The number of aliphatic hydroxyl groups is 1. The van der Waals surface area contributed by atoms with Gasteiger partial charge in [0, 0.05) is 0 Å². The molecule has 3 N–H and O–H groups in total. The van der Waals surface area contributed by atoms with Crippen molar-refractivity contribution in [1.82, 2.24) is 10.8 Å². The zero-order valence-electron chi connectivity index (χ0n) is 7.59. The van der Waals surface area contributed by atoms with Gasteiger partial charge >= 0.3 is 18.2 Å². The highest BCUT2D eigenvalue weighted by Crippen LogP contribution is 2.15. The molecular weight excluding hydrogens is 221 g/mol. The molecular formula is C6H9F3N2O4. The summed E-state index contributed by atoms with van der Waals surface area (Å²) in [5.41, 5.74) is 1.22. The smallest absolute Gasteiger partial charge is 0.394 e. The Morgan fingerprint density at radius 3 is 2.40 bits per heavy atom. The first-order valence-electron chi connectivity index (χ1n) is 3.72. The van der Waals surface area contributed by atoms with Gasteiger partial charge in [0.25, 0.3) is 0 Å². The van der Waals surface area contributed by atoms with Crippen molar-refractivity contribution >= 4 is 12.0 Å². The third kappa shape index (κ3) is 5.73. The Kier molecular flexibility index (Phi) is 4.85. The van der Waals surface area contributed by atoms with E-state index in [1.165, 1.54) is 12.4 Å². The highest BCUT2D eigenvalue weighted by atomic mass is 19.4. The van der Waals surface area contributed by atoms with Crippen molar-refractivity contribution in [3.05, 3.63) is 0 Å². The number of nitrogens with one attached hydrogen (secondary N) is 2. The van der Waals surface area contributed by atoms with Gasteiger partial charge in [0.1, 0.15) is 0 Å². The second-order valence-electron chi connectivity index (χ2n) is 2.55. The van der Waals surface area contributed by atoms with E-state index in [4.69, 9.17) is 5.11 Å². The van der Waals surface area contributed by atoms with E-state index in [1.54, 1.807) is 0 Å². The number of rotatable bonds is 2. The molecule has 2 amide bonds. The molecule has 88 valence electrons. The van der Waals surface area contributed by atoms with Gasteiger partial charge < -0.3 is 15.3 Å². The Labute approximate surface area is 82.3 Å². The van der Waals surface area contributed by atoms with Crippen molar-refractivity contribution < 1.29 is 32.7 Å². The van der Waals surface area contributed by atoms with Crippen molar-refractivity contribution in [3.8, 4) is 0 Å². The molecule has 0 aliphatic carbocycles. The summed E-state index contributed by atoms with van der Waals surface area (Å²) in [7, 11) is 0. The predicted octanol–water partition coefficient (Wildman–Crippen LogP) is -0.313. The average molecular weight is 230 g/mol. The minimum absolute atomic E-state index is 0.402. The SMILES string of the molecule is CC(CO)NC(=O)NOC(=O)C(F)(F)F. The molecule has 0 bridgehead atoms. The number of hydroxylamine groups is 1. The van der Waals surface area contributed by atoms with Gasteiger partial charge in [-0.05, 0) is 6.92 Å². The van der Waals surface area contributed by atoms with Gasteiger partial charge in [0.05, 0.1) is 12.6 Å². The van der Waals surface area contributed by atoms with Crippen LogP contribution in [0.1, 0.15) is 6.92 Å². The first-order chi connectivity index (χ1) is 6.77. The lowest BCUT2D eigenvalue weighted by Gasteiger charge is -2.11. The zero-order valence-corrected chi connectivity index (χ0v) is 7.59. The van der Waals surface area contributed by atoms with Crippen LogP contribution in [0.4, 0.5) is 18.0 Å². The zero-order chi connectivity index (χ0) is 12.1. The summed E-state index contributed by atoms with van der Waals surface area (Å²) in [5.74, 6) is -2.53. The Balaban J connectivity index is 3.87. The normalized spacial score (nSPS) is 12.9. The molecule has 0 fully saturated rings. The van der Waals surface area contributed by atoms with Crippen LogP contribution in [0, 0.1) is 0 Å². The molecule has 0 heterocycles. The maximum Gasteiger partial charge on any atom is 0.493 e. The number of carbonyl (C=O) groups is 2. The van der Waals surface area contributed by atoms with Crippen LogP contribution in [0.3, 0.4) is 0 Å². The number of hydrogen-bond donors (Lipinski definition) is 3. The number of carbonyl (C=O) groups excluding carboxylic acids is 2. The summed E-state index contributed by atoms with van der Waals surface area (Å²) in [6.07, 6.45) is -5.17. The van der Waals surface area contributed by atoms with E-state index in [0.717, 1.165) is 0 Å². The Morgan fingerprint density at radius 2 is 2.00 bits per heavy atom. The van der Waals surface area contributed by atoms with Crippen molar-refractivity contribution in [2.45, 2.75) is 19.1 Å². The average Bonchev–Trinajstić information content (AvgIpc) is 2.12. The first-order valence-corrected chi connectivity index (χ1v) is 3.72. The van der Waals surface area contributed by atoms with E-state index in [2.05, 4.69) is 4.84 Å². The van der Waals surface area contributed by atoms with E-state index in [-0.39, 0.29) is 0 Å². The fourth-order valence-corrected chi connectivity index (χ4v) is 0.449. The van der Waals surface area contributed by atoms with Crippen LogP contribution in [0.5, 0.6) is 0 Å². The lowest BCUT2D eigenvalue weighted by Crippen LogP contribution is -2.44. The molecule has 0 aromatic heterocycles. The summed E-state index contributed by atoms with van der Waals surface area (Å²) in [5, 5.41) is 10.5. The van der Waals surface area contributed by atoms with E-state index in [9.17, 15) is 22.8 Å². The number of hydrogen-bond acceptors (Lipinski definition) is 4. The van der Waals surface area contributed by atoms with Crippen LogP contribution >= 0.6 is 0 Å². The molecule has 15 heavy (non-hydrogen) atoms. The molecule has 6 nitrogen and oxygen atoms in total. The Hall–Kier alpha value is -1.51. The van der Waals surface area contributed by atoms with Crippen molar-refractivity contribution in [1.29, 1.82) is 0 Å². The third-order valence-electron chi connectivity index (χ3n) is 1.12. The molecule has 0 aliphatic heterocycles. The van der Waals surface area contributed by atoms with Crippen LogP contribution < -0.4 is 10.8 Å². The Morgan fingerprint density at radius 1 is 1.47 bits per heavy atom. The van der Waals surface area contributed by atoms with E-state index >= 15 is 0 Å². The van der Waals surface area contributed by atoms with Crippen LogP contribution in [0.2, 0.25) is 0 Å². The van der Waals surface area contributed by atoms with Gasteiger partial charge in [-0.2, -0.15) is 18.7 Å². The quantitative estimate of drug-likeness (QED) is 0.567. The Bertz CT molecular complexity index is 243. The van der Waals surface area contributed by atoms with Crippen LogP contribution in [0.15, 0.2) is 0 Å². The van der Waals surface area contributed by atoms with E-state index in [1.807, 2.05) is 5.32 Å². The van der Waals surface area contributed by atoms with Gasteiger partial charge in [0.2, 0.25) is 0 Å². The number of amides is 2. The molecule has 0 saturated carbocycles. The van der Waals surface area contributed by atoms with Crippen LogP contribution in [-0.2, 0) is 9.63 Å². The molecule has 1 atom stereocenters. The highest BCUT2D eigenvalue weighted by Gasteiger charge is 2.41. The predicted molar refractivity (Wildman–Crippen MR) is 40.4 cm³/mol. The largest absolute Gasteiger partial charge is 0.493 e. The number of aliphatic hydroxyl groups excluding tert-OH is 1. The minimum atomic E-state index is -5.17. The third-order valence-corrected chi connectivity index (χ3v) is 1.12. The topological polar surface area (TPSA) is 87.7 Å².